The van der Waals surface area contributed by atoms with Crippen molar-refractivity contribution >= 4 is 0 Å². The first-order valence-electron chi connectivity index (χ1n) is 6.67. The van der Waals surface area contributed by atoms with Crippen LogP contribution in [0.4, 0.5) is 0 Å². The lowest BCUT2D eigenvalue weighted by molar-refractivity contribution is 0.558. The van der Waals surface area contributed by atoms with Gasteiger partial charge in [0.05, 0.1) is 0 Å². The molecule has 2 rings (SSSR count). The Balaban J connectivity index is 2.52. The quantitative estimate of drug-likeness (QED) is 0.862. The van der Waals surface area contributed by atoms with Crippen molar-refractivity contribution < 1.29 is 0 Å². The van der Waals surface area contributed by atoms with Crippen LogP contribution in [0.2, 0.25) is 0 Å². The summed E-state index contributed by atoms with van der Waals surface area (Å²) in [6.07, 6.45) is 5.72. The van der Waals surface area contributed by atoms with Gasteiger partial charge in [-0.05, 0) is 50.8 Å². The van der Waals surface area contributed by atoms with Crippen LogP contribution in [0.1, 0.15) is 43.0 Å². The normalized spacial score (nSPS) is 14.7. The smallest absolute Gasteiger partial charge is 0.255 e. The van der Waals surface area contributed by atoms with Gasteiger partial charge < -0.3 is 9.88 Å². The molecule has 1 aliphatic rings. The molecule has 1 aromatic heterocycles. The van der Waals surface area contributed by atoms with Crippen LogP contribution in [0.25, 0.3) is 0 Å². The Morgan fingerprint density at radius 2 is 2.12 bits per heavy atom. The van der Waals surface area contributed by atoms with Gasteiger partial charge in [-0.2, -0.15) is 0 Å². The van der Waals surface area contributed by atoms with Crippen molar-refractivity contribution in [3.63, 3.8) is 0 Å². The van der Waals surface area contributed by atoms with E-state index in [0.29, 0.717) is 6.54 Å². The van der Waals surface area contributed by atoms with Gasteiger partial charge in [0.25, 0.3) is 5.56 Å². The average molecular weight is 234 g/mol. The van der Waals surface area contributed by atoms with Crippen LogP contribution in [0.5, 0.6) is 0 Å². The molecule has 0 saturated carbocycles. The van der Waals surface area contributed by atoms with Gasteiger partial charge in [0.1, 0.15) is 0 Å². The zero-order chi connectivity index (χ0) is 12.3. The van der Waals surface area contributed by atoms with E-state index < -0.39 is 0 Å². The molecule has 0 aliphatic heterocycles. The molecule has 0 amide bonds. The summed E-state index contributed by atoms with van der Waals surface area (Å²) in [5, 5.41) is 3.09. The van der Waals surface area contributed by atoms with Crippen LogP contribution >= 0.6 is 0 Å². The molecule has 1 aliphatic carbocycles. The van der Waals surface area contributed by atoms with Crippen molar-refractivity contribution in [3.05, 3.63) is 33.2 Å². The number of pyridine rings is 1. The highest BCUT2D eigenvalue weighted by Gasteiger charge is 2.16. The molecular formula is C14H22N2O. The molecule has 0 unspecified atom stereocenters. The lowest BCUT2D eigenvalue weighted by Crippen LogP contribution is -2.31. The molecule has 94 valence electrons. The standard InChI is InChI=1S/C14H22N2O/c1-3-8-16-13-7-5-4-6-11(13)9-12(10-15-2)14(16)17/h9,15H,3-8,10H2,1-2H3. The van der Waals surface area contributed by atoms with Crippen LogP contribution in [-0.4, -0.2) is 11.6 Å². The first kappa shape index (κ1) is 12.4. The second kappa shape index (κ2) is 5.50. The van der Waals surface area contributed by atoms with E-state index in [1.807, 2.05) is 11.6 Å². The van der Waals surface area contributed by atoms with Gasteiger partial charge in [0.2, 0.25) is 0 Å². The van der Waals surface area contributed by atoms with Gasteiger partial charge in [-0.15, -0.1) is 0 Å². The molecule has 0 fully saturated rings. The number of rotatable bonds is 4. The lowest BCUT2D eigenvalue weighted by Gasteiger charge is -2.22. The second-order valence-electron chi connectivity index (χ2n) is 4.84. The molecule has 17 heavy (non-hydrogen) atoms. The Hall–Kier alpha value is -1.09. The van der Waals surface area contributed by atoms with Crippen molar-refractivity contribution in [2.75, 3.05) is 7.05 Å². The fraction of sp³-hybridized carbons (Fsp3) is 0.643. The Morgan fingerprint density at radius 1 is 1.35 bits per heavy atom. The summed E-state index contributed by atoms with van der Waals surface area (Å²) in [5.41, 5.74) is 3.82. The van der Waals surface area contributed by atoms with Crippen LogP contribution < -0.4 is 10.9 Å². The number of aromatic nitrogens is 1. The van der Waals surface area contributed by atoms with E-state index in [2.05, 4.69) is 18.3 Å². The van der Waals surface area contributed by atoms with Gasteiger partial charge in [-0.3, -0.25) is 4.79 Å². The summed E-state index contributed by atoms with van der Waals surface area (Å²) in [6.45, 7) is 3.67. The molecule has 1 N–H and O–H groups in total. The Bertz CT molecular complexity index is 448. The monoisotopic (exact) mass is 234 g/mol. The minimum atomic E-state index is 0.210. The second-order valence-corrected chi connectivity index (χ2v) is 4.84. The van der Waals surface area contributed by atoms with Crippen LogP contribution in [0, 0.1) is 0 Å². The predicted molar refractivity (Wildman–Crippen MR) is 70.4 cm³/mol. The average Bonchev–Trinajstić information content (AvgIpc) is 2.35. The van der Waals surface area contributed by atoms with E-state index in [4.69, 9.17) is 0 Å². The largest absolute Gasteiger partial charge is 0.315 e. The summed E-state index contributed by atoms with van der Waals surface area (Å²) in [4.78, 5) is 12.3. The first-order chi connectivity index (χ1) is 8.27. The van der Waals surface area contributed by atoms with Gasteiger partial charge in [-0.1, -0.05) is 6.92 Å². The van der Waals surface area contributed by atoms with Crippen molar-refractivity contribution in [1.82, 2.24) is 9.88 Å². The molecule has 3 nitrogen and oxygen atoms in total. The van der Waals surface area contributed by atoms with Gasteiger partial charge >= 0.3 is 0 Å². The first-order valence-corrected chi connectivity index (χ1v) is 6.67. The predicted octanol–water partition coefficient (Wildman–Crippen LogP) is 1.86. The van der Waals surface area contributed by atoms with Crippen LogP contribution in [-0.2, 0) is 25.9 Å². The third-order valence-electron chi connectivity index (χ3n) is 3.49. The molecule has 3 heteroatoms. The molecular weight excluding hydrogens is 212 g/mol. The molecule has 0 atom stereocenters. The Kier molecular flexibility index (Phi) is 4.00. The molecule has 0 bridgehead atoms. The maximum atomic E-state index is 12.3. The molecule has 1 heterocycles. The number of aryl methyl sites for hydroxylation is 1. The van der Waals surface area contributed by atoms with E-state index in [1.165, 1.54) is 24.1 Å². The zero-order valence-corrected chi connectivity index (χ0v) is 10.9. The Labute approximate surface area is 103 Å². The van der Waals surface area contributed by atoms with Gasteiger partial charge in [0.15, 0.2) is 0 Å². The van der Waals surface area contributed by atoms with Crippen molar-refractivity contribution in [1.29, 1.82) is 0 Å². The van der Waals surface area contributed by atoms with Crippen LogP contribution in [0.15, 0.2) is 10.9 Å². The summed E-state index contributed by atoms with van der Waals surface area (Å²) in [7, 11) is 1.89. The van der Waals surface area contributed by atoms with E-state index in [0.717, 1.165) is 31.4 Å². The molecule has 0 radical (unpaired) electrons. The minimum absolute atomic E-state index is 0.210. The molecule has 0 saturated heterocycles. The molecule has 0 aromatic carbocycles. The molecule has 1 aromatic rings. The summed E-state index contributed by atoms with van der Waals surface area (Å²) < 4.78 is 2.02. The fourth-order valence-corrected chi connectivity index (χ4v) is 2.72. The van der Waals surface area contributed by atoms with Crippen molar-refractivity contribution in [3.8, 4) is 0 Å². The zero-order valence-electron chi connectivity index (χ0n) is 10.9. The number of hydrogen-bond acceptors (Lipinski definition) is 2. The summed E-state index contributed by atoms with van der Waals surface area (Å²) >= 11 is 0. The highest BCUT2D eigenvalue weighted by molar-refractivity contribution is 5.29. The van der Waals surface area contributed by atoms with Crippen molar-refractivity contribution in [2.45, 2.75) is 52.1 Å². The van der Waals surface area contributed by atoms with E-state index in [9.17, 15) is 4.79 Å². The highest BCUT2D eigenvalue weighted by atomic mass is 16.1. The third kappa shape index (κ3) is 2.44. The maximum Gasteiger partial charge on any atom is 0.255 e. The fourth-order valence-electron chi connectivity index (χ4n) is 2.72. The number of nitrogens with one attached hydrogen (secondary N) is 1. The van der Waals surface area contributed by atoms with E-state index in [1.54, 1.807) is 0 Å². The third-order valence-corrected chi connectivity index (χ3v) is 3.49. The Morgan fingerprint density at radius 3 is 2.82 bits per heavy atom. The van der Waals surface area contributed by atoms with E-state index in [-0.39, 0.29) is 5.56 Å². The summed E-state index contributed by atoms with van der Waals surface area (Å²) in [6, 6.07) is 2.12. The van der Waals surface area contributed by atoms with Gasteiger partial charge in [-0.25, -0.2) is 0 Å². The SMILES string of the molecule is CCCn1c2c(cc(CNC)c1=O)CCCC2. The highest BCUT2D eigenvalue weighted by Crippen LogP contribution is 2.21. The number of hydrogen-bond donors (Lipinski definition) is 1. The van der Waals surface area contributed by atoms with E-state index >= 15 is 0 Å². The minimum Gasteiger partial charge on any atom is -0.315 e. The number of fused-ring (bicyclic) bond motifs is 1. The maximum absolute atomic E-state index is 12.3. The number of nitrogens with zero attached hydrogens (tertiary/aromatic N) is 1. The van der Waals surface area contributed by atoms with Crippen LogP contribution in [0.3, 0.4) is 0 Å². The van der Waals surface area contributed by atoms with Crippen molar-refractivity contribution in [2.24, 2.45) is 0 Å². The topological polar surface area (TPSA) is 34.0 Å². The van der Waals surface area contributed by atoms with Gasteiger partial charge in [0, 0.05) is 24.3 Å². The lowest BCUT2D eigenvalue weighted by atomic mass is 9.94. The summed E-state index contributed by atoms with van der Waals surface area (Å²) in [5.74, 6) is 0. The molecule has 0 spiro atoms.